The molecule has 1 aromatic heterocycles. The minimum absolute atomic E-state index is 0.125. The van der Waals surface area contributed by atoms with E-state index in [1.54, 1.807) is 13.0 Å². The van der Waals surface area contributed by atoms with E-state index in [1.165, 1.54) is 5.56 Å². The van der Waals surface area contributed by atoms with Crippen molar-refractivity contribution in [3.05, 3.63) is 84.1 Å². The number of amides is 2. The van der Waals surface area contributed by atoms with Crippen LogP contribution in [0.1, 0.15) is 18.1 Å². The van der Waals surface area contributed by atoms with Crippen molar-refractivity contribution in [2.75, 3.05) is 39.3 Å². The van der Waals surface area contributed by atoms with Crippen molar-refractivity contribution in [1.29, 1.82) is 0 Å². The lowest BCUT2D eigenvalue weighted by Gasteiger charge is -2.34. The van der Waals surface area contributed by atoms with Crippen LogP contribution in [0.5, 0.6) is 0 Å². The first kappa shape index (κ1) is 23.4. The number of aromatic nitrogens is 2. The lowest BCUT2D eigenvalue weighted by atomic mass is 10.1. The Labute approximate surface area is 200 Å². The van der Waals surface area contributed by atoms with E-state index in [0.29, 0.717) is 13.1 Å². The molecule has 3 aromatic rings. The number of nitrogens with one attached hydrogen (secondary N) is 1. The molecule has 7 heteroatoms. The monoisotopic (exact) mass is 457 g/mol. The van der Waals surface area contributed by atoms with Crippen LogP contribution in [-0.2, 0) is 16.1 Å². The van der Waals surface area contributed by atoms with Gasteiger partial charge in [0.1, 0.15) is 0 Å². The first-order chi connectivity index (χ1) is 16.6. The Bertz CT molecular complexity index is 1120. The summed E-state index contributed by atoms with van der Waals surface area (Å²) < 4.78 is 1.91. The van der Waals surface area contributed by atoms with Crippen molar-refractivity contribution in [3.8, 4) is 11.3 Å². The third kappa shape index (κ3) is 6.42. The second-order valence-electron chi connectivity index (χ2n) is 8.45. The van der Waals surface area contributed by atoms with Crippen LogP contribution in [0, 0.1) is 0 Å². The van der Waals surface area contributed by atoms with Crippen LogP contribution in [0.4, 0.5) is 0 Å². The molecule has 0 aliphatic carbocycles. The normalized spacial score (nSPS) is 14.4. The number of carbonyl (C=O) groups excluding carboxylic acids is 2. The highest BCUT2D eigenvalue weighted by Crippen LogP contribution is 2.23. The Balaban J connectivity index is 1.36. The van der Waals surface area contributed by atoms with Crippen LogP contribution in [0.2, 0.25) is 0 Å². The Morgan fingerprint density at radius 3 is 2.32 bits per heavy atom. The summed E-state index contributed by atoms with van der Waals surface area (Å²) in [4.78, 5) is 28.0. The molecular formula is C27H31N5O2. The smallest absolute Gasteiger partial charge is 0.244 e. The number of rotatable bonds is 8. The van der Waals surface area contributed by atoms with Crippen molar-refractivity contribution in [3.63, 3.8) is 0 Å². The van der Waals surface area contributed by atoms with E-state index >= 15 is 0 Å². The van der Waals surface area contributed by atoms with E-state index in [1.807, 2.05) is 70.4 Å². The molecule has 1 fully saturated rings. The molecular weight excluding hydrogens is 426 g/mol. The average Bonchev–Trinajstić information content (AvgIpc) is 3.27. The number of carbonyl (C=O) groups is 2. The van der Waals surface area contributed by atoms with Gasteiger partial charge in [0.25, 0.3) is 0 Å². The summed E-state index contributed by atoms with van der Waals surface area (Å²) in [5.41, 5.74) is 3.93. The van der Waals surface area contributed by atoms with Crippen LogP contribution in [0.15, 0.2) is 72.9 Å². The highest BCUT2D eigenvalue weighted by molar-refractivity contribution is 5.92. The number of benzene rings is 2. The summed E-state index contributed by atoms with van der Waals surface area (Å²) in [6.45, 7) is 6.79. The maximum Gasteiger partial charge on any atom is 0.244 e. The molecule has 1 saturated heterocycles. The number of piperazine rings is 1. The lowest BCUT2D eigenvalue weighted by molar-refractivity contribution is -0.130. The van der Waals surface area contributed by atoms with Gasteiger partial charge in [0.15, 0.2) is 0 Å². The maximum atomic E-state index is 12.4. The van der Waals surface area contributed by atoms with Crippen LogP contribution >= 0.6 is 0 Å². The fourth-order valence-corrected chi connectivity index (χ4v) is 4.08. The van der Waals surface area contributed by atoms with E-state index in [2.05, 4.69) is 22.3 Å². The molecule has 0 saturated carbocycles. The molecule has 4 rings (SSSR count). The van der Waals surface area contributed by atoms with Gasteiger partial charge in [0, 0.05) is 69.6 Å². The second-order valence-corrected chi connectivity index (χ2v) is 8.45. The lowest BCUT2D eigenvalue weighted by Crippen LogP contribution is -2.49. The molecule has 2 amide bonds. The molecule has 1 N–H and O–H groups in total. The molecule has 0 atom stereocenters. The quantitative estimate of drug-likeness (QED) is 0.528. The predicted molar refractivity (Wildman–Crippen MR) is 134 cm³/mol. The number of nitrogens with zero attached hydrogens (tertiary/aromatic N) is 4. The van der Waals surface area contributed by atoms with Gasteiger partial charge in [0.2, 0.25) is 11.8 Å². The van der Waals surface area contributed by atoms with E-state index in [9.17, 15) is 9.59 Å². The van der Waals surface area contributed by atoms with Gasteiger partial charge in [-0.1, -0.05) is 60.7 Å². The number of hydrogen-bond acceptors (Lipinski definition) is 4. The van der Waals surface area contributed by atoms with Crippen LogP contribution in [-0.4, -0.2) is 70.7 Å². The van der Waals surface area contributed by atoms with Gasteiger partial charge in [-0.2, -0.15) is 5.10 Å². The van der Waals surface area contributed by atoms with E-state index in [-0.39, 0.29) is 11.8 Å². The minimum atomic E-state index is -0.128. The second kappa shape index (κ2) is 11.4. The molecule has 2 heterocycles. The zero-order valence-corrected chi connectivity index (χ0v) is 19.6. The Kier molecular flexibility index (Phi) is 7.88. The van der Waals surface area contributed by atoms with E-state index < -0.39 is 0 Å². The van der Waals surface area contributed by atoms with Gasteiger partial charge in [0.05, 0.1) is 12.2 Å². The SMILES string of the molecule is CC(=O)N1CCN(CCNC(=O)C=Cc2cn(Cc3ccccc3)nc2-c2ccccc2)CC1. The van der Waals surface area contributed by atoms with Crippen molar-refractivity contribution in [2.24, 2.45) is 0 Å². The fraction of sp³-hybridized carbons (Fsp3) is 0.296. The standard InChI is InChI=1S/C27H31N5O2/c1-22(33)31-18-16-30(17-19-31)15-14-28-26(34)13-12-25-21-32(20-23-8-4-2-5-9-23)29-27(25)24-10-6-3-7-11-24/h2-13,21H,14-20H2,1H3,(H,28,34). The maximum absolute atomic E-state index is 12.4. The summed E-state index contributed by atoms with van der Waals surface area (Å²) in [5, 5.41) is 7.76. The van der Waals surface area contributed by atoms with Crippen LogP contribution in [0.3, 0.4) is 0 Å². The summed E-state index contributed by atoms with van der Waals surface area (Å²) in [6, 6.07) is 20.2. The third-order valence-corrected chi connectivity index (χ3v) is 5.98. The van der Waals surface area contributed by atoms with Crippen molar-refractivity contribution < 1.29 is 9.59 Å². The van der Waals surface area contributed by atoms with Crippen molar-refractivity contribution in [1.82, 2.24) is 24.9 Å². The predicted octanol–water partition coefficient (Wildman–Crippen LogP) is 2.89. The van der Waals surface area contributed by atoms with Crippen LogP contribution < -0.4 is 5.32 Å². The fourth-order valence-electron chi connectivity index (χ4n) is 4.08. The summed E-state index contributed by atoms with van der Waals surface area (Å²) in [5.74, 6) is -0.00255. The minimum Gasteiger partial charge on any atom is -0.351 e. The topological polar surface area (TPSA) is 70.5 Å². The average molecular weight is 458 g/mol. The molecule has 176 valence electrons. The molecule has 34 heavy (non-hydrogen) atoms. The Morgan fingerprint density at radius 2 is 1.65 bits per heavy atom. The largest absolute Gasteiger partial charge is 0.351 e. The highest BCUT2D eigenvalue weighted by atomic mass is 16.2. The van der Waals surface area contributed by atoms with E-state index in [0.717, 1.165) is 49.5 Å². The molecule has 1 aliphatic rings. The zero-order chi connectivity index (χ0) is 23.8. The van der Waals surface area contributed by atoms with Gasteiger partial charge < -0.3 is 10.2 Å². The Hall–Kier alpha value is -3.71. The molecule has 0 spiro atoms. The summed E-state index contributed by atoms with van der Waals surface area (Å²) >= 11 is 0. The van der Waals surface area contributed by atoms with Gasteiger partial charge >= 0.3 is 0 Å². The zero-order valence-electron chi connectivity index (χ0n) is 19.6. The summed E-state index contributed by atoms with van der Waals surface area (Å²) in [7, 11) is 0. The first-order valence-corrected chi connectivity index (χ1v) is 11.7. The van der Waals surface area contributed by atoms with Gasteiger partial charge in [-0.3, -0.25) is 19.2 Å². The molecule has 7 nitrogen and oxygen atoms in total. The van der Waals surface area contributed by atoms with Gasteiger partial charge in [-0.05, 0) is 11.6 Å². The number of hydrogen-bond donors (Lipinski definition) is 1. The van der Waals surface area contributed by atoms with Crippen molar-refractivity contribution in [2.45, 2.75) is 13.5 Å². The molecule has 1 aliphatic heterocycles. The summed E-state index contributed by atoms with van der Waals surface area (Å²) in [6.07, 6.45) is 5.38. The first-order valence-electron chi connectivity index (χ1n) is 11.7. The van der Waals surface area contributed by atoms with Crippen molar-refractivity contribution >= 4 is 17.9 Å². The van der Waals surface area contributed by atoms with E-state index in [4.69, 9.17) is 5.10 Å². The Morgan fingerprint density at radius 1 is 0.971 bits per heavy atom. The van der Waals surface area contributed by atoms with Crippen LogP contribution in [0.25, 0.3) is 17.3 Å². The molecule has 0 radical (unpaired) electrons. The third-order valence-electron chi connectivity index (χ3n) is 5.98. The molecule has 0 bridgehead atoms. The van der Waals surface area contributed by atoms with Gasteiger partial charge in [-0.15, -0.1) is 0 Å². The molecule has 2 aromatic carbocycles. The van der Waals surface area contributed by atoms with Gasteiger partial charge in [-0.25, -0.2) is 0 Å². The highest BCUT2D eigenvalue weighted by Gasteiger charge is 2.18. The molecule has 0 unspecified atom stereocenters.